The van der Waals surface area contributed by atoms with Gasteiger partial charge in [0.25, 0.3) is 5.89 Å². The zero-order valence-corrected chi connectivity index (χ0v) is 16.5. The number of nitriles is 1. The van der Waals surface area contributed by atoms with Crippen LogP contribution in [0.25, 0.3) is 22.4 Å². The molecule has 9 heteroatoms. The van der Waals surface area contributed by atoms with E-state index in [4.69, 9.17) is 8.83 Å². The molecule has 154 valence electrons. The molecule has 4 aromatic rings. The van der Waals surface area contributed by atoms with E-state index in [0.29, 0.717) is 43.4 Å². The number of anilines is 2. The van der Waals surface area contributed by atoms with Crippen molar-refractivity contribution in [2.24, 2.45) is 5.92 Å². The minimum atomic E-state index is -0.164. The maximum Gasteiger partial charge on any atom is 0.266 e. The van der Waals surface area contributed by atoms with Gasteiger partial charge < -0.3 is 19.1 Å². The summed E-state index contributed by atoms with van der Waals surface area (Å²) in [5, 5.41) is 14.2. The second kappa shape index (κ2) is 7.91. The minimum absolute atomic E-state index is 0.0714. The van der Waals surface area contributed by atoms with Crippen molar-refractivity contribution in [2.45, 2.75) is 12.8 Å². The summed E-state index contributed by atoms with van der Waals surface area (Å²) in [5.41, 5.74) is 0.210. The number of rotatable bonds is 4. The Bertz CT molecular complexity index is 1260. The molecule has 31 heavy (non-hydrogen) atoms. The predicted molar refractivity (Wildman–Crippen MR) is 112 cm³/mol. The molecule has 1 aliphatic rings. The van der Waals surface area contributed by atoms with E-state index < -0.39 is 0 Å². The third-order valence-corrected chi connectivity index (χ3v) is 5.41. The molecule has 0 aromatic carbocycles. The Kier molecular flexibility index (Phi) is 4.80. The van der Waals surface area contributed by atoms with Crippen LogP contribution >= 0.6 is 0 Å². The van der Waals surface area contributed by atoms with Gasteiger partial charge in [-0.25, -0.2) is 4.98 Å². The van der Waals surface area contributed by atoms with Gasteiger partial charge in [-0.05, 0) is 42.5 Å². The van der Waals surface area contributed by atoms with Crippen LogP contribution in [0.2, 0.25) is 0 Å². The quantitative estimate of drug-likeness (QED) is 0.538. The number of aromatic nitrogens is 3. The molecule has 1 aliphatic heterocycles. The fraction of sp³-hybridized carbons (Fsp3) is 0.227. The number of nitrogens with one attached hydrogen (secondary N) is 1. The van der Waals surface area contributed by atoms with Gasteiger partial charge in [-0.15, -0.1) is 0 Å². The third-order valence-electron chi connectivity index (χ3n) is 5.41. The number of carbonyl (C=O) groups excluding carboxylic acids is 1. The van der Waals surface area contributed by atoms with Crippen molar-refractivity contribution in [1.29, 1.82) is 5.26 Å². The van der Waals surface area contributed by atoms with E-state index in [-0.39, 0.29) is 23.4 Å². The Labute approximate surface area is 177 Å². The molecule has 1 saturated heterocycles. The molecule has 4 aromatic heterocycles. The average molecular weight is 414 g/mol. The molecule has 0 atom stereocenters. The molecule has 0 unspecified atom stereocenters. The molecule has 5 heterocycles. The first-order valence-corrected chi connectivity index (χ1v) is 9.92. The van der Waals surface area contributed by atoms with E-state index >= 15 is 0 Å². The number of amides is 1. The van der Waals surface area contributed by atoms with Crippen LogP contribution in [0.3, 0.4) is 0 Å². The molecule has 1 amide bonds. The molecule has 0 spiro atoms. The van der Waals surface area contributed by atoms with Gasteiger partial charge in [-0.3, -0.25) is 9.78 Å². The molecular formula is C22H18N6O3. The zero-order chi connectivity index (χ0) is 21.2. The van der Waals surface area contributed by atoms with Gasteiger partial charge in [-0.1, -0.05) is 0 Å². The zero-order valence-electron chi connectivity index (χ0n) is 16.5. The highest BCUT2D eigenvalue weighted by Gasteiger charge is 2.29. The smallest absolute Gasteiger partial charge is 0.266 e. The van der Waals surface area contributed by atoms with Gasteiger partial charge >= 0.3 is 0 Å². The molecule has 0 radical (unpaired) electrons. The summed E-state index contributed by atoms with van der Waals surface area (Å²) in [6, 6.07) is 9.30. The van der Waals surface area contributed by atoms with Crippen LogP contribution in [-0.2, 0) is 4.79 Å². The second-order valence-electron chi connectivity index (χ2n) is 7.27. The predicted octanol–water partition coefficient (Wildman–Crippen LogP) is 3.60. The average Bonchev–Trinajstić information content (AvgIpc) is 3.49. The maximum atomic E-state index is 12.8. The van der Waals surface area contributed by atoms with Gasteiger partial charge in [0.05, 0.1) is 6.26 Å². The first-order chi connectivity index (χ1) is 15.2. The lowest BCUT2D eigenvalue weighted by Crippen LogP contribution is -2.38. The highest BCUT2D eigenvalue weighted by Crippen LogP contribution is 2.31. The van der Waals surface area contributed by atoms with Crippen molar-refractivity contribution in [3.05, 3.63) is 54.8 Å². The van der Waals surface area contributed by atoms with Crippen LogP contribution in [0.5, 0.6) is 0 Å². The number of oxazole rings is 1. The molecule has 9 nitrogen and oxygen atoms in total. The lowest BCUT2D eigenvalue weighted by molar-refractivity contribution is -0.120. The van der Waals surface area contributed by atoms with Gasteiger partial charge in [0.1, 0.15) is 11.9 Å². The third kappa shape index (κ3) is 3.59. The van der Waals surface area contributed by atoms with E-state index in [2.05, 4.69) is 26.3 Å². The Hall–Kier alpha value is -4.19. The number of fused-ring (bicyclic) bond motifs is 1. The Morgan fingerprint density at radius 1 is 1.23 bits per heavy atom. The van der Waals surface area contributed by atoms with Crippen LogP contribution in [0.15, 0.2) is 58.0 Å². The molecule has 0 aliphatic carbocycles. The number of nitrogens with zero attached hydrogens (tertiary/aromatic N) is 5. The van der Waals surface area contributed by atoms with E-state index in [1.807, 2.05) is 17.0 Å². The lowest BCUT2D eigenvalue weighted by atomic mass is 9.96. The van der Waals surface area contributed by atoms with E-state index in [0.717, 1.165) is 10.8 Å². The molecule has 1 fully saturated rings. The van der Waals surface area contributed by atoms with Crippen LogP contribution in [0, 0.1) is 17.2 Å². The maximum absolute atomic E-state index is 12.8. The first kappa shape index (κ1) is 18.8. The summed E-state index contributed by atoms with van der Waals surface area (Å²) >= 11 is 0. The van der Waals surface area contributed by atoms with Crippen LogP contribution in [-0.4, -0.2) is 33.9 Å². The lowest BCUT2D eigenvalue weighted by Gasteiger charge is -2.30. The number of furan rings is 1. The van der Waals surface area contributed by atoms with Crippen molar-refractivity contribution < 1.29 is 13.6 Å². The van der Waals surface area contributed by atoms with E-state index in [1.165, 1.54) is 6.26 Å². The van der Waals surface area contributed by atoms with Crippen molar-refractivity contribution in [2.75, 3.05) is 23.3 Å². The molecule has 5 rings (SSSR count). The number of hydrogen-bond donors (Lipinski definition) is 1. The van der Waals surface area contributed by atoms with Crippen molar-refractivity contribution >= 4 is 28.4 Å². The van der Waals surface area contributed by atoms with Crippen molar-refractivity contribution in [3.63, 3.8) is 0 Å². The van der Waals surface area contributed by atoms with Crippen molar-refractivity contribution in [1.82, 2.24) is 15.0 Å². The number of piperidine rings is 1. The summed E-state index contributed by atoms with van der Waals surface area (Å²) in [6.45, 7) is 1.15. The van der Waals surface area contributed by atoms with Crippen LogP contribution < -0.4 is 10.2 Å². The Morgan fingerprint density at radius 2 is 2.06 bits per heavy atom. The summed E-state index contributed by atoms with van der Waals surface area (Å²) in [4.78, 5) is 27.5. The van der Waals surface area contributed by atoms with Crippen molar-refractivity contribution in [3.8, 4) is 17.7 Å². The number of pyridine rings is 2. The standard InChI is InChI=1S/C22H18N6O3/c23-12-17-22(31-21(26-17)18-2-1-11-30-18)28-9-5-15(6-10-28)20(29)27-19-16-13-24-7-3-14(16)4-8-25-19/h1-4,7-8,11,13,15H,5-6,9-10H2,(H,25,27,29). The molecular weight excluding hydrogens is 396 g/mol. The van der Waals surface area contributed by atoms with Gasteiger partial charge in [0, 0.05) is 43.0 Å². The highest BCUT2D eigenvalue weighted by molar-refractivity contribution is 6.00. The van der Waals surface area contributed by atoms with Gasteiger partial charge in [0.15, 0.2) is 5.76 Å². The van der Waals surface area contributed by atoms with Gasteiger partial charge in [0.2, 0.25) is 17.5 Å². The normalized spacial score (nSPS) is 14.5. The van der Waals surface area contributed by atoms with Gasteiger partial charge in [-0.2, -0.15) is 10.2 Å². The largest absolute Gasteiger partial charge is 0.459 e. The SMILES string of the molecule is N#Cc1nc(-c2ccco2)oc1N1CCC(C(=O)Nc2nccc3ccncc23)CC1. The summed E-state index contributed by atoms with van der Waals surface area (Å²) in [5.74, 6) is 1.43. The van der Waals surface area contributed by atoms with E-state index in [9.17, 15) is 10.1 Å². The number of carbonyl (C=O) groups is 1. The summed E-state index contributed by atoms with van der Waals surface area (Å²) < 4.78 is 11.1. The fourth-order valence-corrected chi connectivity index (χ4v) is 3.78. The molecule has 1 N–H and O–H groups in total. The van der Waals surface area contributed by atoms with Crippen LogP contribution in [0.1, 0.15) is 18.5 Å². The Balaban J connectivity index is 1.27. The monoisotopic (exact) mass is 414 g/mol. The van der Waals surface area contributed by atoms with E-state index in [1.54, 1.807) is 30.7 Å². The number of hydrogen-bond acceptors (Lipinski definition) is 8. The minimum Gasteiger partial charge on any atom is -0.459 e. The first-order valence-electron chi connectivity index (χ1n) is 9.92. The summed E-state index contributed by atoms with van der Waals surface area (Å²) in [6.07, 6.45) is 7.85. The highest BCUT2D eigenvalue weighted by atomic mass is 16.4. The fourth-order valence-electron chi connectivity index (χ4n) is 3.78. The summed E-state index contributed by atoms with van der Waals surface area (Å²) in [7, 11) is 0. The Morgan fingerprint density at radius 3 is 2.84 bits per heavy atom. The molecule has 0 saturated carbocycles. The second-order valence-corrected chi connectivity index (χ2v) is 7.27. The molecule has 0 bridgehead atoms. The van der Waals surface area contributed by atoms with Crippen LogP contribution in [0.4, 0.5) is 11.7 Å². The topological polar surface area (TPSA) is 121 Å².